The number of anilines is 1. The quantitative estimate of drug-likeness (QED) is 0.310. The van der Waals surface area contributed by atoms with E-state index in [1.165, 1.54) is 16.6 Å². The number of thioether (sulfide) groups is 1. The Labute approximate surface area is 199 Å². The van der Waals surface area contributed by atoms with Crippen LogP contribution in [0.2, 0.25) is 0 Å². The van der Waals surface area contributed by atoms with E-state index in [1.54, 1.807) is 35.1 Å². The average molecular weight is 478 g/mol. The number of aromatic nitrogens is 2. The van der Waals surface area contributed by atoms with Crippen molar-refractivity contribution in [2.45, 2.75) is 30.8 Å². The molecule has 0 bridgehead atoms. The van der Waals surface area contributed by atoms with Gasteiger partial charge in [0, 0.05) is 4.88 Å². The normalized spacial score (nSPS) is 13.0. The predicted octanol–water partition coefficient (Wildman–Crippen LogP) is 5.07. The van der Waals surface area contributed by atoms with E-state index in [4.69, 9.17) is 9.72 Å². The second-order valence-corrected chi connectivity index (χ2v) is 9.82. The molecule has 1 aliphatic carbocycles. The van der Waals surface area contributed by atoms with E-state index in [1.807, 2.05) is 42.5 Å². The van der Waals surface area contributed by atoms with E-state index in [2.05, 4.69) is 5.32 Å². The van der Waals surface area contributed by atoms with E-state index in [-0.39, 0.29) is 17.2 Å². The minimum Gasteiger partial charge on any atom is -0.495 e. The fourth-order valence-electron chi connectivity index (χ4n) is 4.15. The number of ether oxygens (including phenoxy) is 1. The summed E-state index contributed by atoms with van der Waals surface area (Å²) in [4.78, 5) is 33.3. The number of aryl methyl sites for hydroxylation is 2. The largest absolute Gasteiger partial charge is 0.495 e. The molecule has 0 radical (unpaired) electrons. The van der Waals surface area contributed by atoms with Crippen LogP contribution in [0.3, 0.4) is 0 Å². The van der Waals surface area contributed by atoms with Crippen molar-refractivity contribution < 1.29 is 9.53 Å². The molecule has 0 fully saturated rings. The number of rotatable bonds is 6. The maximum absolute atomic E-state index is 13.7. The number of thiophene rings is 1. The molecule has 2 heterocycles. The molecular formula is C25H23N3O3S2. The van der Waals surface area contributed by atoms with Crippen molar-refractivity contribution in [1.29, 1.82) is 0 Å². The number of amides is 1. The fraction of sp³-hybridized carbons (Fsp3) is 0.240. The molecule has 2 aromatic carbocycles. The summed E-state index contributed by atoms with van der Waals surface area (Å²) in [5.41, 5.74) is 2.47. The predicted molar refractivity (Wildman–Crippen MR) is 134 cm³/mol. The highest BCUT2D eigenvalue weighted by atomic mass is 32.2. The average Bonchev–Trinajstić information content (AvgIpc) is 3.22. The Morgan fingerprint density at radius 1 is 1.12 bits per heavy atom. The van der Waals surface area contributed by atoms with Gasteiger partial charge in [-0.1, -0.05) is 42.1 Å². The Morgan fingerprint density at radius 3 is 2.70 bits per heavy atom. The first kappa shape index (κ1) is 21.7. The Bertz CT molecular complexity index is 1380. The third-order valence-electron chi connectivity index (χ3n) is 5.69. The first-order valence-electron chi connectivity index (χ1n) is 10.8. The van der Waals surface area contributed by atoms with E-state index in [0.29, 0.717) is 16.6 Å². The van der Waals surface area contributed by atoms with E-state index < -0.39 is 0 Å². The van der Waals surface area contributed by atoms with Crippen molar-refractivity contribution in [3.8, 4) is 11.4 Å². The molecule has 1 aliphatic rings. The first-order chi connectivity index (χ1) is 16.2. The summed E-state index contributed by atoms with van der Waals surface area (Å²) in [5.74, 6) is 0.526. The van der Waals surface area contributed by atoms with E-state index in [9.17, 15) is 9.59 Å². The molecule has 0 spiro atoms. The molecule has 0 atom stereocenters. The van der Waals surface area contributed by atoms with Crippen LogP contribution in [0.5, 0.6) is 5.75 Å². The van der Waals surface area contributed by atoms with Crippen LogP contribution in [-0.4, -0.2) is 28.3 Å². The van der Waals surface area contributed by atoms with E-state index >= 15 is 0 Å². The highest BCUT2D eigenvalue weighted by Gasteiger charge is 2.23. The number of fused-ring (bicyclic) bond motifs is 3. The Morgan fingerprint density at radius 2 is 1.88 bits per heavy atom. The third-order valence-corrected chi connectivity index (χ3v) is 7.81. The zero-order valence-electron chi connectivity index (χ0n) is 18.2. The molecule has 6 nitrogen and oxygen atoms in total. The molecule has 1 N–H and O–H groups in total. The number of hydrogen-bond acceptors (Lipinski definition) is 6. The Balaban J connectivity index is 1.50. The van der Waals surface area contributed by atoms with Gasteiger partial charge in [-0.2, -0.15) is 0 Å². The van der Waals surface area contributed by atoms with Gasteiger partial charge in [0.2, 0.25) is 5.91 Å². The summed E-state index contributed by atoms with van der Waals surface area (Å²) in [7, 11) is 1.57. The number of carbonyl (C=O) groups is 1. The van der Waals surface area contributed by atoms with Crippen molar-refractivity contribution in [2.75, 3.05) is 18.2 Å². The molecule has 0 saturated carbocycles. The van der Waals surface area contributed by atoms with Gasteiger partial charge in [-0.25, -0.2) is 4.98 Å². The molecule has 4 aromatic rings. The Hall–Kier alpha value is -3.10. The summed E-state index contributed by atoms with van der Waals surface area (Å²) in [6, 6.07) is 16.8. The SMILES string of the molecule is COc1ccccc1NC(=O)CSc1nc2sc3c(c2c(=O)n1-c1ccccc1)CCCC3. The monoisotopic (exact) mass is 477 g/mol. The van der Waals surface area contributed by atoms with Crippen molar-refractivity contribution in [2.24, 2.45) is 0 Å². The standard InChI is InChI=1S/C25H23N3O3S2/c1-31-19-13-7-6-12-18(19)26-21(29)15-32-25-27-23-22(17-11-5-8-14-20(17)33-23)24(30)28(25)16-9-3-2-4-10-16/h2-4,6-7,9-10,12-13H,5,8,11,14-15H2,1H3,(H,26,29). The lowest BCUT2D eigenvalue weighted by atomic mass is 9.97. The highest BCUT2D eigenvalue weighted by molar-refractivity contribution is 7.99. The lowest BCUT2D eigenvalue weighted by Gasteiger charge is -2.14. The topological polar surface area (TPSA) is 73.2 Å². The minimum absolute atomic E-state index is 0.0572. The number of benzene rings is 2. The molecule has 1 amide bonds. The van der Waals surface area contributed by atoms with Crippen LogP contribution in [0.4, 0.5) is 5.69 Å². The smallest absolute Gasteiger partial charge is 0.267 e. The number of para-hydroxylation sites is 3. The maximum Gasteiger partial charge on any atom is 0.267 e. The number of hydrogen-bond donors (Lipinski definition) is 1. The maximum atomic E-state index is 13.7. The lowest BCUT2D eigenvalue weighted by Crippen LogP contribution is -2.23. The van der Waals surface area contributed by atoms with E-state index in [0.717, 1.165) is 47.2 Å². The van der Waals surface area contributed by atoms with Crippen molar-refractivity contribution >= 4 is 44.9 Å². The first-order valence-corrected chi connectivity index (χ1v) is 12.6. The van der Waals surface area contributed by atoms with Gasteiger partial charge in [-0.05, 0) is 55.5 Å². The number of methoxy groups -OCH3 is 1. The molecule has 0 aliphatic heterocycles. The van der Waals surface area contributed by atoms with Crippen LogP contribution >= 0.6 is 23.1 Å². The second kappa shape index (κ2) is 9.41. The van der Waals surface area contributed by atoms with Gasteiger partial charge in [0.15, 0.2) is 5.16 Å². The molecule has 0 saturated heterocycles. The van der Waals surface area contributed by atoms with Gasteiger partial charge >= 0.3 is 0 Å². The van der Waals surface area contributed by atoms with Gasteiger partial charge in [0.1, 0.15) is 10.6 Å². The fourth-order valence-corrected chi connectivity index (χ4v) is 6.27. The van der Waals surface area contributed by atoms with Gasteiger partial charge in [0.05, 0.1) is 29.6 Å². The van der Waals surface area contributed by atoms with Gasteiger partial charge in [-0.15, -0.1) is 11.3 Å². The van der Waals surface area contributed by atoms with Gasteiger partial charge in [-0.3, -0.25) is 14.2 Å². The van der Waals surface area contributed by atoms with Gasteiger partial charge in [0.25, 0.3) is 5.56 Å². The van der Waals surface area contributed by atoms with Crippen molar-refractivity contribution in [3.63, 3.8) is 0 Å². The zero-order valence-corrected chi connectivity index (χ0v) is 19.8. The summed E-state index contributed by atoms with van der Waals surface area (Å²) in [6.07, 6.45) is 4.18. The zero-order chi connectivity index (χ0) is 22.8. The summed E-state index contributed by atoms with van der Waals surface area (Å²) in [6.45, 7) is 0. The second-order valence-electron chi connectivity index (χ2n) is 7.80. The highest BCUT2D eigenvalue weighted by Crippen LogP contribution is 2.35. The molecule has 8 heteroatoms. The molecule has 5 rings (SSSR count). The summed E-state index contributed by atoms with van der Waals surface area (Å²) >= 11 is 2.88. The Kier molecular flexibility index (Phi) is 6.20. The van der Waals surface area contributed by atoms with Gasteiger partial charge < -0.3 is 10.1 Å². The molecule has 168 valence electrons. The van der Waals surface area contributed by atoms with Crippen LogP contribution in [0.25, 0.3) is 15.9 Å². The van der Waals surface area contributed by atoms with Crippen LogP contribution in [-0.2, 0) is 17.6 Å². The van der Waals surface area contributed by atoms with Crippen LogP contribution in [0.1, 0.15) is 23.3 Å². The third kappa shape index (κ3) is 4.28. The number of nitrogens with zero attached hydrogens (tertiary/aromatic N) is 2. The van der Waals surface area contributed by atoms with Crippen LogP contribution < -0.4 is 15.6 Å². The molecular weight excluding hydrogens is 454 g/mol. The van der Waals surface area contributed by atoms with Crippen LogP contribution in [0.15, 0.2) is 64.5 Å². The van der Waals surface area contributed by atoms with Crippen molar-refractivity contribution in [1.82, 2.24) is 9.55 Å². The minimum atomic E-state index is -0.191. The van der Waals surface area contributed by atoms with Crippen molar-refractivity contribution in [3.05, 3.63) is 75.4 Å². The lowest BCUT2D eigenvalue weighted by molar-refractivity contribution is -0.113. The molecule has 33 heavy (non-hydrogen) atoms. The summed E-state index contributed by atoms with van der Waals surface area (Å²) in [5, 5.41) is 4.14. The van der Waals surface area contributed by atoms with Crippen LogP contribution in [0, 0.1) is 0 Å². The number of carbonyl (C=O) groups excluding carboxylic acids is 1. The summed E-state index contributed by atoms with van der Waals surface area (Å²) < 4.78 is 6.96. The molecule has 2 aromatic heterocycles. The number of nitrogens with one attached hydrogen (secondary N) is 1. The molecule has 0 unspecified atom stereocenters.